The van der Waals surface area contributed by atoms with Crippen molar-refractivity contribution < 1.29 is 23.9 Å². The van der Waals surface area contributed by atoms with Crippen LogP contribution in [0, 0.1) is 0 Å². The van der Waals surface area contributed by atoms with E-state index in [0.29, 0.717) is 38.1 Å². The fraction of sp³-hybridized carbons (Fsp3) is 0.320. The van der Waals surface area contributed by atoms with E-state index in [9.17, 15) is 19.2 Å². The molecule has 37 heavy (non-hydrogen) atoms. The van der Waals surface area contributed by atoms with E-state index in [0.717, 1.165) is 4.70 Å². The van der Waals surface area contributed by atoms with Gasteiger partial charge < -0.3 is 20.3 Å². The zero-order valence-electron chi connectivity index (χ0n) is 20.3. The van der Waals surface area contributed by atoms with Gasteiger partial charge in [0.15, 0.2) is 0 Å². The molecule has 0 saturated carbocycles. The first-order valence-electron chi connectivity index (χ1n) is 11.6. The molecular formula is C25H24ClN5O5S. The van der Waals surface area contributed by atoms with E-state index < -0.39 is 23.5 Å². The molecule has 12 heteroatoms. The second-order valence-corrected chi connectivity index (χ2v) is 10.9. The topological polar surface area (TPSA) is 130 Å². The molecule has 2 aliphatic heterocycles. The van der Waals surface area contributed by atoms with Crippen LogP contribution in [0.15, 0.2) is 30.3 Å². The summed E-state index contributed by atoms with van der Waals surface area (Å²) in [6.45, 7) is 3.91. The first kappa shape index (κ1) is 25.0. The number of nitrogens with one attached hydrogen (secondary N) is 3. The third-order valence-corrected chi connectivity index (χ3v) is 8.01. The number of rotatable bonds is 5. The lowest BCUT2D eigenvalue weighted by atomic mass is 10.0. The SMILES string of the molecule is COc1cc(Cl)c2nc(C(C)(C)NC(=O)Nc3ccc4c(c3)CN(C3CCC(=O)NC3=O)C4=O)sc2c1. The number of nitrogens with zero attached hydrogens (tertiary/aromatic N) is 2. The highest BCUT2D eigenvalue weighted by Crippen LogP contribution is 2.36. The number of amides is 5. The molecule has 5 rings (SSSR count). The van der Waals surface area contributed by atoms with Crippen LogP contribution in [-0.4, -0.2) is 46.8 Å². The molecule has 0 bridgehead atoms. The van der Waals surface area contributed by atoms with Gasteiger partial charge in [0.25, 0.3) is 5.91 Å². The molecule has 2 aliphatic rings. The summed E-state index contributed by atoms with van der Waals surface area (Å²) in [6.07, 6.45) is 0.477. The minimum atomic E-state index is -0.806. The van der Waals surface area contributed by atoms with Crippen molar-refractivity contribution in [2.24, 2.45) is 0 Å². The molecular weight excluding hydrogens is 518 g/mol. The summed E-state index contributed by atoms with van der Waals surface area (Å²) >= 11 is 7.76. The number of hydrogen-bond donors (Lipinski definition) is 3. The van der Waals surface area contributed by atoms with Gasteiger partial charge in [-0.25, -0.2) is 9.78 Å². The van der Waals surface area contributed by atoms with Crippen molar-refractivity contribution in [1.29, 1.82) is 0 Å². The van der Waals surface area contributed by atoms with Gasteiger partial charge in [-0.2, -0.15) is 0 Å². The van der Waals surface area contributed by atoms with Crippen LogP contribution in [0.1, 0.15) is 47.6 Å². The largest absolute Gasteiger partial charge is 0.497 e. The predicted molar refractivity (Wildman–Crippen MR) is 139 cm³/mol. The molecule has 1 fully saturated rings. The van der Waals surface area contributed by atoms with Gasteiger partial charge in [0.1, 0.15) is 22.3 Å². The van der Waals surface area contributed by atoms with Crippen LogP contribution in [0.3, 0.4) is 0 Å². The Kier molecular flexibility index (Phi) is 6.28. The van der Waals surface area contributed by atoms with Crippen molar-refractivity contribution in [3.8, 4) is 5.75 Å². The first-order valence-corrected chi connectivity index (χ1v) is 12.8. The van der Waals surface area contributed by atoms with E-state index in [2.05, 4.69) is 20.9 Å². The van der Waals surface area contributed by atoms with Gasteiger partial charge in [-0.05, 0) is 50.1 Å². The minimum Gasteiger partial charge on any atom is -0.497 e. The second-order valence-electron chi connectivity index (χ2n) is 9.45. The Balaban J connectivity index is 1.28. The Labute approximate surface area is 221 Å². The molecule has 3 heterocycles. The fourth-order valence-electron chi connectivity index (χ4n) is 4.50. The van der Waals surface area contributed by atoms with Gasteiger partial charge in [-0.3, -0.25) is 19.7 Å². The van der Waals surface area contributed by atoms with E-state index in [1.807, 2.05) is 19.9 Å². The predicted octanol–water partition coefficient (Wildman–Crippen LogP) is 3.78. The van der Waals surface area contributed by atoms with Crippen LogP contribution in [0.5, 0.6) is 5.75 Å². The van der Waals surface area contributed by atoms with E-state index >= 15 is 0 Å². The zero-order chi connectivity index (χ0) is 26.5. The number of urea groups is 1. The summed E-state index contributed by atoms with van der Waals surface area (Å²) < 4.78 is 6.12. The molecule has 0 radical (unpaired) electrons. The Bertz CT molecular complexity index is 1470. The molecule has 1 unspecified atom stereocenters. The lowest BCUT2D eigenvalue weighted by molar-refractivity contribution is -0.136. The fourth-order valence-corrected chi connectivity index (χ4v) is 5.89. The molecule has 1 aromatic heterocycles. The van der Waals surface area contributed by atoms with E-state index in [-0.39, 0.29) is 31.2 Å². The van der Waals surface area contributed by atoms with Crippen LogP contribution in [0.4, 0.5) is 10.5 Å². The number of hydrogen-bond acceptors (Lipinski definition) is 7. The first-order chi connectivity index (χ1) is 17.6. The van der Waals surface area contributed by atoms with Crippen LogP contribution in [0.25, 0.3) is 10.2 Å². The van der Waals surface area contributed by atoms with Crippen LogP contribution in [-0.2, 0) is 21.7 Å². The van der Waals surface area contributed by atoms with Crippen molar-refractivity contribution in [2.75, 3.05) is 12.4 Å². The average molecular weight is 542 g/mol. The Morgan fingerprint density at radius 1 is 1.24 bits per heavy atom. The number of aromatic nitrogens is 1. The maximum atomic E-state index is 12.9. The molecule has 3 aromatic rings. The minimum absolute atomic E-state index is 0.188. The summed E-state index contributed by atoms with van der Waals surface area (Å²) in [5.41, 5.74) is 1.50. The number of piperidine rings is 1. The smallest absolute Gasteiger partial charge is 0.319 e. The highest BCUT2D eigenvalue weighted by molar-refractivity contribution is 7.18. The molecule has 1 atom stereocenters. The lowest BCUT2D eigenvalue weighted by Gasteiger charge is -2.29. The maximum absolute atomic E-state index is 12.9. The van der Waals surface area contributed by atoms with Gasteiger partial charge in [0, 0.05) is 30.3 Å². The zero-order valence-corrected chi connectivity index (χ0v) is 21.9. The van der Waals surface area contributed by atoms with Gasteiger partial charge in [-0.1, -0.05) is 11.6 Å². The van der Waals surface area contributed by atoms with Crippen molar-refractivity contribution >= 4 is 62.6 Å². The molecule has 0 spiro atoms. The Morgan fingerprint density at radius 2 is 2.03 bits per heavy atom. The maximum Gasteiger partial charge on any atom is 0.319 e. The number of benzene rings is 2. The number of methoxy groups -OCH3 is 1. The van der Waals surface area contributed by atoms with E-state index in [1.165, 1.54) is 16.2 Å². The summed E-state index contributed by atoms with van der Waals surface area (Å²) in [5.74, 6) is -0.443. The third-order valence-electron chi connectivity index (χ3n) is 6.40. The van der Waals surface area contributed by atoms with Crippen LogP contribution in [0.2, 0.25) is 5.02 Å². The molecule has 1 saturated heterocycles. The van der Waals surface area contributed by atoms with E-state index in [4.69, 9.17) is 16.3 Å². The summed E-state index contributed by atoms with van der Waals surface area (Å²) in [5, 5.41) is 9.18. The van der Waals surface area contributed by atoms with Gasteiger partial charge in [0.2, 0.25) is 11.8 Å². The van der Waals surface area contributed by atoms with Gasteiger partial charge in [-0.15, -0.1) is 11.3 Å². The van der Waals surface area contributed by atoms with Crippen LogP contribution < -0.4 is 20.7 Å². The Morgan fingerprint density at radius 3 is 2.76 bits per heavy atom. The Hall–Kier alpha value is -3.70. The second kappa shape index (κ2) is 9.31. The third kappa shape index (κ3) is 4.72. The molecule has 0 aliphatic carbocycles. The van der Waals surface area contributed by atoms with Crippen LogP contribution >= 0.6 is 22.9 Å². The van der Waals surface area contributed by atoms with Crippen molar-refractivity contribution in [1.82, 2.24) is 20.5 Å². The standard InChI is InChI=1S/C25H24ClN5O5S/c1-25(2,23-29-20-16(26)9-14(36-3)10-18(20)37-23)30-24(35)27-13-4-5-15-12(8-13)11-31(22(15)34)17-6-7-19(32)28-21(17)33/h4-5,8-10,17H,6-7,11H2,1-3H3,(H2,27,30,35)(H,28,32,33). The van der Waals surface area contributed by atoms with Crippen molar-refractivity contribution in [2.45, 2.75) is 44.8 Å². The number of carbonyl (C=O) groups is 4. The summed E-state index contributed by atoms with van der Waals surface area (Å²) in [4.78, 5) is 55.6. The molecule has 10 nitrogen and oxygen atoms in total. The molecule has 5 amide bonds. The highest BCUT2D eigenvalue weighted by atomic mass is 35.5. The molecule has 192 valence electrons. The molecule has 2 aromatic carbocycles. The number of carbonyl (C=O) groups excluding carboxylic acids is 4. The number of thiazole rings is 1. The molecule has 3 N–H and O–H groups in total. The van der Waals surface area contributed by atoms with Crippen molar-refractivity contribution in [3.63, 3.8) is 0 Å². The van der Waals surface area contributed by atoms with Crippen molar-refractivity contribution in [3.05, 3.63) is 51.5 Å². The number of halogens is 1. The number of fused-ring (bicyclic) bond motifs is 2. The average Bonchev–Trinajstić information content (AvgIpc) is 3.41. The van der Waals surface area contributed by atoms with Gasteiger partial charge >= 0.3 is 6.03 Å². The number of imide groups is 1. The number of ether oxygens (including phenoxy) is 1. The number of anilines is 1. The van der Waals surface area contributed by atoms with Gasteiger partial charge in [0.05, 0.1) is 22.4 Å². The highest BCUT2D eigenvalue weighted by Gasteiger charge is 2.39. The summed E-state index contributed by atoms with van der Waals surface area (Å²) in [6, 6.07) is 7.40. The lowest BCUT2D eigenvalue weighted by Crippen LogP contribution is -2.52. The normalized spacial score (nSPS) is 17.6. The van der Waals surface area contributed by atoms with E-state index in [1.54, 1.807) is 31.4 Å². The monoisotopic (exact) mass is 541 g/mol. The quantitative estimate of drug-likeness (QED) is 0.422. The summed E-state index contributed by atoms with van der Waals surface area (Å²) in [7, 11) is 1.57.